The molecule has 0 bridgehead atoms. The Morgan fingerprint density at radius 3 is 2.58 bits per heavy atom. The molecule has 2 N–H and O–H groups in total. The summed E-state index contributed by atoms with van der Waals surface area (Å²) in [5.74, 6) is -0.278. The molecule has 128 valence electrons. The summed E-state index contributed by atoms with van der Waals surface area (Å²) in [4.78, 5) is 23.9. The number of para-hydroxylation sites is 1. The highest BCUT2D eigenvalue weighted by molar-refractivity contribution is 7.99. The lowest BCUT2D eigenvalue weighted by atomic mass is 10.1. The van der Waals surface area contributed by atoms with Crippen molar-refractivity contribution in [1.82, 2.24) is 20.1 Å². The van der Waals surface area contributed by atoms with Crippen molar-refractivity contribution in [3.05, 3.63) is 35.7 Å². The molecular weight excluding hydrogens is 326 g/mol. The maximum absolute atomic E-state index is 12.0. The second kappa shape index (κ2) is 8.49. The van der Waals surface area contributed by atoms with E-state index in [2.05, 4.69) is 20.8 Å². The number of nitrogens with zero attached hydrogens (tertiary/aromatic N) is 3. The van der Waals surface area contributed by atoms with E-state index in [9.17, 15) is 9.59 Å². The van der Waals surface area contributed by atoms with Crippen LogP contribution in [-0.4, -0.2) is 38.9 Å². The Labute approximate surface area is 145 Å². The zero-order chi connectivity index (χ0) is 17.5. The van der Waals surface area contributed by atoms with Crippen LogP contribution in [0.2, 0.25) is 0 Å². The van der Waals surface area contributed by atoms with Gasteiger partial charge in [0.05, 0.1) is 12.3 Å². The van der Waals surface area contributed by atoms with Crippen LogP contribution in [0.4, 0.5) is 5.69 Å². The van der Waals surface area contributed by atoms with Gasteiger partial charge in [-0.25, -0.2) is 0 Å². The highest BCUT2D eigenvalue weighted by Gasteiger charge is 2.11. The van der Waals surface area contributed by atoms with Crippen LogP contribution >= 0.6 is 11.8 Å². The van der Waals surface area contributed by atoms with Crippen molar-refractivity contribution in [2.45, 2.75) is 32.5 Å². The molecule has 24 heavy (non-hydrogen) atoms. The standard InChI is InChI=1S/C16H21N5O2S/c1-4-21-10-18-20-16(21)24-9-14(23)17-8-13(22)19-15-11(2)6-5-7-12(15)3/h5-7,10H,4,8-9H2,1-3H3,(H,17,23)(H,19,22). The predicted octanol–water partition coefficient (Wildman–Crippen LogP) is 1.76. The van der Waals surface area contributed by atoms with Gasteiger partial charge in [-0.05, 0) is 31.9 Å². The van der Waals surface area contributed by atoms with E-state index in [1.807, 2.05) is 43.5 Å². The van der Waals surface area contributed by atoms with Crippen LogP contribution in [0.1, 0.15) is 18.1 Å². The summed E-state index contributed by atoms with van der Waals surface area (Å²) in [7, 11) is 0. The summed E-state index contributed by atoms with van der Waals surface area (Å²) >= 11 is 1.29. The number of aromatic nitrogens is 3. The van der Waals surface area contributed by atoms with Gasteiger partial charge >= 0.3 is 0 Å². The number of hydrogen-bond acceptors (Lipinski definition) is 5. The first-order valence-electron chi connectivity index (χ1n) is 7.64. The lowest BCUT2D eigenvalue weighted by Crippen LogP contribution is -2.34. The molecule has 0 atom stereocenters. The Morgan fingerprint density at radius 2 is 1.92 bits per heavy atom. The topological polar surface area (TPSA) is 88.9 Å². The van der Waals surface area contributed by atoms with Crippen molar-refractivity contribution in [1.29, 1.82) is 0 Å². The zero-order valence-corrected chi connectivity index (χ0v) is 14.8. The van der Waals surface area contributed by atoms with Crippen LogP contribution in [0.15, 0.2) is 29.7 Å². The van der Waals surface area contributed by atoms with E-state index in [-0.39, 0.29) is 24.1 Å². The first-order valence-corrected chi connectivity index (χ1v) is 8.63. The van der Waals surface area contributed by atoms with Crippen LogP contribution in [0, 0.1) is 13.8 Å². The van der Waals surface area contributed by atoms with E-state index in [4.69, 9.17) is 0 Å². The van der Waals surface area contributed by atoms with Crippen LogP contribution in [-0.2, 0) is 16.1 Å². The van der Waals surface area contributed by atoms with Gasteiger partial charge in [0.25, 0.3) is 0 Å². The van der Waals surface area contributed by atoms with Crippen molar-refractivity contribution in [3.63, 3.8) is 0 Å². The predicted molar refractivity (Wildman–Crippen MR) is 94.0 cm³/mol. The molecule has 0 aliphatic heterocycles. The SMILES string of the molecule is CCn1cnnc1SCC(=O)NCC(=O)Nc1c(C)cccc1C. The van der Waals surface area contributed by atoms with Gasteiger partial charge in [0.1, 0.15) is 6.33 Å². The van der Waals surface area contributed by atoms with E-state index < -0.39 is 0 Å². The van der Waals surface area contributed by atoms with Gasteiger partial charge in [0.15, 0.2) is 5.16 Å². The molecule has 1 heterocycles. The van der Waals surface area contributed by atoms with E-state index in [0.29, 0.717) is 5.16 Å². The first-order chi connectivity index (χ1) is 11.5. The van der Waals surface area contributed by atoms with Gasteiger partial charge < -0.3 is 15.2 Å². The second-order valence-corrected chi connectivity index (χ2v) is 6.22. The Bertz CT molecular complexity index is 709. The van der Waals surface area contributed by atoms with Crippen LogP contribution < -0.4 is 10.6 Å². The number of anilines is 1. The lowest BCUT2D eigenvalue weighted by Gasteiger charge is -2.11. The number of nitrogens with one attached hydrogen (secondary N) is 2. The van der Waals surface area contributed by atoms with Crippen LogP contribution in [0.3, 0.4) is 0 Å². The molecule has 0 aliphatic rings. The van der Waals surface area contributed by atoms with Gasteiger partial charge in [-0.2, -0.15) is 0 Å². The van der Waals surface area contributed by atoms with Crippen molar-refractivity contribution in [2.75, 3.05) is 17.6 Å². The van der Waals surface area contributed by atoms with Crippen LogP contribution in [0.25, 0.3) is 0 Å². The maximum Gasteiger partial charge on any atom is 0.243 e. The van der Waals surface area contributed by atoms with Crippen molar-refractivity contribution >= 4 is 29.3 Å². The van der Waals surface area contributed by atoms with Gasteiger partial charge in [-0.1, -0.05) is 30.0 Å². The molecule has 0 saturated heterocycles. The number of amides is 2. The maximum atomic E-state index is 12.0. The van der Waals surface area contributed by atoms with E-state index in [1.54, 1.807) is 6.33 Å². The summed E-state index contributed by atoms with van der Waals surface area (Å²) in [5.41, 5.74) is 2.77. The minimum absolute atomic E-state index is 0.0619. The number of carbonyl (C=O) groups is 2. The smallest absolute Gasteiger partial charge is 0.243 e. The van der Waals surface area contributed by atoms with Crippen LogP contribution in [0.5, 0.6) is 0 Å². The van der Waals surface area contributed by atoms with Gasteiger partial charge in [0, 0.05) is 12.2 Å². The van der Waals surface area contributed by atoms with E-state index >= 15 is 0 Å². The van der Waals surface area contributed by atoms with Crippen molar-refractivity contribution in [2.24, 2.45) is 0 Å². The van der Waals surface area contributed by atoms with Gasteiger partial charge in [-0.3, -0.25) is 9.59 Å². The number of benzene rings is 1. The third kappa shape index (κ3) is 4.82. The number of carbonyl (C=O) groups excluding carboxylic acids is 2. The molecule has 0 unspecified atom stereocenters. The minimum Gasteiger partial charge on any atom is -0.346 e. The largest absolute Gasteiger partial charge is 0.346 e. The summed E-state index contributed by atoms with van der Waals surface area (Å²) in [6.45, 7) is 6.53. The number of thioether (sulfide) groups is 1. The number of rotatable bonds is 7. The van der Waals surface area contributed by atoms with Crippen molar-refractivity contribution < 1.29 is 9.59 Å². The molecule has 0 saturated carbocycles. The second-order valence-electron chi connectivity index (χ2n) is 5.28. The van der Waals surface area contributed by atoms with Gasteiger partial charge in [0.2, 0.25) is 11.8 Å². The average Bonchev–Trinajstić information content (AvgIpc) is 3.02. The molecule has 0 spiro atoms. The molecule has 0 radical (unpaired) electrons. The minimum atomic E-state index is -0.248. The fourth-order valence-corrected chi connectivity index (χ4v) is 2.94. The highest BCUT2D eigenvalue weighted by atomic mass is 32.2. The Hall–Kier alpha value is -2.35. The molecule has 1 aromatic carbocycles. The molecule has 1 aromatic heterocycles. The highest BCUT2D eigenvalue weighted by Crippen LogP contribution is 2.19. The molecule has 8 heteroatoms. The Balaban J connectivity index is 1.78. The third-order valence-corrected chi connectivity index (χ3v) is 4.43. The first kappa shape index (κ1) is 18.0. The number of aryl methyl sites for hydroxylation is 3. The summed E-state index contributed by atoms with van der Waals surface area (Å²) in [5, 5.41) is 13.9. The fraction of sp³-hybridized carbons (Fsp3) is 0.375. The Kier molecular flexibility index (Phi) is 6.36. The fourth-order valence-electron chi connectivity index (χ4n) is 2.13. The van der Waals surface area contributed by atoms with Gasteiger partial charge in [-0.15, -0.1) is 10.2 Å². The van der Waals surface area contributed by atoms with E-state index in [1.165, 1.54) is 11.8 Å². The summed E-state index contributed by atoms with van der Waals surface area (Å²) in [6.07, 6.45) is 1.62. The summed E-state index contributed by atoms with van der Waals surface area (Å²) < 4.78 is 1.85. The normalized spacial score (nSPS) is 10.5. The lowest BCUT2D eigenvalue weighted by molar-refractivity contribution is -0.122. The zero-order valence-electron chi connectivity index (χ0n) is 14.0. The number of hydrogen-bond donors (Lipinski definition) is 2. The monoisotopic (exact) mass is 347 g/mol. The molecule has 2 aromatic rings. The molecule has 0 aliphatic carbocycles. The van der Waals surface area contributed by atoms with Crippen molar-refractivity contribution in [3.8, 4) is 0 Å². The molecule has 0 fully saturated rings. The molecule has 2 amide bonds. The third-order valence-electron chi connectivity index (χ3n) is 3.44. The Morgan fingerprint density at radius 1 is 1.21 bits per heavy atom. The molecule has 7 nitrogen and oxygen atoms in total. The van der Waals surface area contributed by atoms with E-state index in [0.717, 1.165) is 23.4 Å². The molecule has 2 rings (SSSR count). The quantitative estimate of drug-likeness (QED) is 0.745. The molecular formula is C16H21N5O2S. The summed E-state index contributed by atoms with van der Waals surface area (Å²) in [6, 6.07) is 5.80. The average molecular weight is 347 g/mol.